The van der Waals surface area contributed by atoms with Crippen LogP contribution in [0.5, 0.6) is 0 Å². The Balaban J connectivity index is 1.33. The second-order valence-corrected chi connectivity index (χ2v) is 9.94. The van der Waals surface area contributed by atoms with Crippen LogP contribution in [0.2, 0.25) is 0 Å². The first kappa shape index (κ1) is 23.9. The quantitative estimate of drug-likeness (QED) is 0.336. The molecule has 1 saturated carbocycles. The van der Waals surface area contributed by atoms with Gasteiger partial charge in [0.2, 0.25) is 5.96 Å². The monoisotopic (exact) mass is 505 g/mol. The van der Waals surface area contributed by atoms with E-state index in [-0.39, 0.29) is 23.8 Å². The molecule has 192 valence electrons. The Labute approximate surface area is 222 Å². The number of nitrogens with one attached hydrogen (secondary N) is 3. The van der Waals surface area contributed by atoms with Gasteiger partial charge in [-0.25, -0.2) is 4.99 Å². The molecule has 0 bridgehead atoms. The molecule has 1 aromatic heterocycles. The summed E-state index contributed by atoms with van der Waals surface area (Å²) >= 11 is 0. The predicted octanol–water partition coefficient (Wildman–Crippen LogP) is 4.59. The molecule has 8 heteroatoms. The summed E-state index contributed by atoms with van der Waals surface area (Å²) < 4.78 is 0. The van der Waals surface area contributed by atoms with Crippen LogP contribution in [-0.2, 0) is 11.3 Å². The van der Waals surface area contributed by atoms with Crippen LogP contribution in [0.3, 0.4) is 0 Å². The van der Waals surface area contributed by atoms with Gasteiger partial charge in [-0.3, -0.25) is 25.0 Å². The van der Waals surface area contributed by atoms with Gasteiger partial charge in [-0.05, 0) is 42.7 Å². The molecule has 1 amide bonds. The van der Waals surface area contributed by atoms with Crippen LogP contribution in [0.15, 0.2) is 95.4 Å². The topological polar surface area (TPSA) is 96.7 Å². The molecular formula is C30H31N7O. The van der Waals surface area contributed by atoms with Gasteiger partial charge in [0.1, 0.15) is 17.2 Å². The van der Waals surface area contributed by atoms with Crippen LogP contribution in [-0.4, -0.2) is 51.6 Å². The number of benzene rings is 2. The number of aromatic nitrogens is 1. The van der Waals surface area contributed by atoms with Gasteiger partial charge in [0.15, 0.2) is 0 Å². The van der Waals surface area contributed by atoms with Crippen LogP contribution >= 0.6 is 0 Å². The lowest BCUT2D eigenvalue weighted by Crippen LogP contribution is -2.56. The molecule has 8 nitrogen and oxygen atoms in total. The first-order chi connectivity index (χ1) is 18.6. The first-order valence-corrected chi connectivity index (χ1v) is 13.1. The molecule has 2 aliphatic heterocycles. The number of carbonyl (C=O) groups is 1. The summed E-state index contributed by atoms with van der Waals surface area (Å²) in [6.45, 7) is 0.512. The van der Waals surface area contributed by atoms with Crippen molar-refractivity contribution in [1.82, 2.24) is 20.1 Å². The molecule has 0 saturated heterocycles. The fraction of sp³-hybridized carbons (Fsp3) is 0.267. The highest BCUT2D eigenvalue weighted by Crippen LogP contribution is 2.37. The highest BCUT2D eigenvalue weighted by atomic mass is 16.2. The fourth-order valence-corrected chi connectivity index (χ4v) is 5.54. The van der Waals surface area contributed by atoms with E-state index >= 15 is 0 Å². The predicted molar refractivity (Wildman–Crippen MR) is 149 cm³/mol. The number of anilines is 1. The van der Waals surface area contributed by atoms with Gasteiger partial charge in [-0.15, -0.1) is 0 Å². The SMILES string of the molecule is CN1C(=O)C(C(=N)Nc2ccccc2)=C(NCc2ccc(-c3ccccn3)cc2)N2C1=N[C@@H]1CCCC[C@@H]12. The molecule has 2 aromatic carbocycles. The zero-order chi connectivity index (χ0) is 26.1. The maximum Gasteiger partial charge on any atom is 0.267 e. The van der Waals surface area contributed by atoms with Crippen molar-refractivity contribution in [2.45, 2.75) is 44.3 Å². The van der Waals surface area contributed by atoms with Gasteiger partial charge < -0.3 is 10.6 Å². The molecular weight excluding hydrogens is 474 g/mol. The molecule has 1 aliphatic carbocycles. The summed E-state index contributed by atoms with van der Waals surface area (Å²) in [5.41, 5.74) is 4.15. The molecule has 0 spiro atoms. The van der Waals surface area contributed by atoms with E-state index in [0.717, 1.165) is 48.2 Å². The molecule has 0 radical (unpaired) electrons. The lowest BCUT2D eigenvalue weighted by Gasteiger charge is -2.40. The number of fused-ring (bicyclic) bond motifs is 3. The molecule has 1 fully saturated rings. The van der Waals surface area contributed by atoms with E-state index < -0.39 is 0 Å². The maximum absolute atomic E-state index is 13.7. The molecule has 38 heavy (non-hydrogen) atoms. The third-order valence-electron chi connectivity index (χ3n) is 7.49. The number of amidine groups is 1. The molecule has 2 atom stereocenters. The summed E-state index contributed by atoms with van der Waals surface area (Å²) in [6, 6.07) is 24.0. The lowest BCUT2D eigenvalue weighted by atomic mass is 9.90. The number of rotatable bonds is 6. The Kier molecular flexibility index (Phi) is 6.37. The number of para-hydroxylation sites is 1. The number of nitrogens with zero attached hydrogens (tertiary/aromatic N) is 4. The van der Waals surface area contributed by atoms with Crippen molar-refractivity contribution < 1.29 is 4.79 Å². The summed E-state index contributed by atoms with van der Waals surface area (Å²) in [6.07, 6.45) is 6.11. The average Bonchev–Trinajstić information content (AvgIpc) is 3.35. The van der Waals surface area contributed by atoms with Gasteiger partial charge in [0.25, 0.3) is 5.91 Å². The third-order valence-corrected chi connectivity index (χ3v) is 7.49. The number of guanidine groups is 1. The van der Waals surface area contributed by atoms with Gasteiger partial charge in [-0.2, -0.15) is 0 Å². The minimum Gasteiger partial charge on any atom is -0.367 e. The molecule has 3 aromatic rings. The smallest absolute Gasteiger partial charge is 0.267 e. The van der Waals surface area contributed by atoms with Crippen molar-refractivity contribution in [2.75, 3.05) is 12.4 Å². The van der Waals surface area contributed by atoms with E-state index in [4.69, 9.17) is 10.4 Å². The van der Waals surface area contributed by atoms with Crippen LogP contribution in [0, 0.1) is 5.41 Å². The summed E-state index contributed by atoms with van der Waals surface area (Å²) in [5, 5.41) is 15.6. The van der Waals surface area contributed by atoms with E-state index in [1.54, 1.807) is 18.1 Å². The number of hydrogen-bond donors (Lipinski definition) is 3. The van der Waals surface area contributed by atoms with Crippen molar-refractivity contribution in [3.63, 3.8) is 0 Å². The Morgan fingerprint density at radius 2 is 1.76 bits per heavy atom. The Morgan fingerprint density at radius 3 is 2.53 bits per heavy atom. The lowest BCUT2D eigenvalue weighted by molar-refractivity contribution is -0.123. The standard InChI is InChI=1S/C30H31N7O/c1-36-29(38)26(27(31)34-22-9-3-2-4-10-22)28(37-25-13-6-5-12-24(25)35-30(36)37)33-19-20-14-16-21(17-15-20)23-11-7-8-18-32-23/h2-4,7-11,14-18,24-25,33H,5-6,12-13,19H2,1H3,(H2,31,34)/t24-,25+/m1/s1. The zero-order valence-corrected chi connectivity index (χ0v) is 21.4. The largest absolute Gasteiger partial charge is 0.367 e. The van der Waals surface area contributed by atoms with Crippen molar-refractivity contribution in [3.05, 3.63) is 96.0 Å². The molecule has 3 N–H and O–H groups in total. The molecule has 6 rings (SSSR count). The molecule has 3 heterocycles. The van der Waals surface area contributed by atoms with Crippen LogP contribution < -0.4 is 10.6 Å². The van der Waals surface area contributed by atoms with Gasteiger partial charge >= 0.3 is 0 Å². The normalized spacial score (nSPS) is 20.6. The summed E-state index contributed by atoms with van der Waals surface area (Å²) in [7, 11) is 1.76. The van der Waals surface area contributed by atoms with Crippen LogP contribution in [0.4, 0.5) is 5.69 Å². The fourth-order valence-electron chi connectivity index (χ4n) is 5.54. The minimum atomic E-state index is -0.236. The van der Waals surface area contributed by atoms with Crippen molar-refractivity contribution in [2.24, 2.45) is 4.99 Å². The minimum absolute atomic E-state index is 0.0689. The third kappa shape index (κ3) is 4.42. The van der Waals surface area contributed by atoms with E-state index in [1.165, 1.54) is 0 Å². The zero-order valence-electron chi connectivity index (χ0n) is 21.4. The van der Waals surface area contributed by atoms with Crippen molar-refractivity contribution in [3.8, 4) is 11.3 Å². The number of amides is 1. The van der Waals surface area contributed by atoms with Crippen molar-refractivity contribution >= 4 is 23.4 Å². The molecule has 3 aliphatic rings. The van der Waals surface area contributed by atoms with E-state index in [9.17, 15) is 4.79 Å². The maximum atomic E-state index is 13.7. The summed E-state index contributed by atoms with van der Waals surface area (Å²) in [5.74, 6) is 1.17. The summed E-state index contributed by atoms with van der Waals surface area (Å²) in [4.78, 5) is 26.8. The Hall–Kier alpha value is -4.46. The highest BCUT2D eigenvalue weighted by Gasteiger charge is 2.47. The second kappa shape index (κ2) is 10.1. The highest BCUT2D eigenvalue weighted by molar-refractivity contribution is 6.28. The van der Waals surface area contributed by atoms with E-state index in [1.807, 2.05) is 48.5 Å². The number of pyridine rings is 1. The van der Waals surface area contributed by atoms with Crippen molar-refractivity contribution in [1.29, 1.82) is 5.41 Å². The number of aliphatic imine (C=N–C) groups is 1. The first-order valence-electron chi connectivity index (χ1n) is 13.1. The van der Waals surface area contributed by atoms with Crippen LogP contribution in [0.1, 0.15) is 31.2 Å². The second-order valence-electron chi connectivity index (χ2n) is 9.94. The van der Waals surface area contributed by atoms with E-state index in [0.29, 0.717) is 23.9 Å². The Morgan fingerprint density at radius 1 is 1.00 bits per heavy atom. The number of likely N-dealkylation sites (N-methyl/N-ethyl adjacent to an activating group) is 1. The van der Waals surface area contributed by atoms with Gasteiger partial charge in [0, 0.05) is 31.0 Å². The average molecular weight is 506 g/mol. The number of carbonyl (C=O) groups excluding carboxylic acids is 1. The molecule has 0 unspecified atom stereocenters. The van der Waals surface area contributed by atoms with Crippen LogP contribution in [0.25, 0.3) is 11.3 Å². The Bertz CT molecular complexity index is 1400. The van der Waals surface area contributed by atoms with E-state index in [2.05, 4.69) is 44.8 Å². The number of hydrogen-bond acceptors (Lipinski definition) is 6. The van der Waals surface area contributed by atoms with Gasteiger partial charge in [-0.1, -0.05) is 61.4 Å². The van der Waals surface area contributed by atoms with Gasteiger partial charge in [0.05, 0.1) is 17.8 Å².